The lowest BCUT2D eigenvalue weighted by molar-refractivity contribution is -0.183. The average Bonchev–Trinajstić information content (AvgIpc) is 2.16. The molecule has 4 heteroatoms. The zero-order valence-corrected chi connectivity index (χ0v) is 10.5. The van der Waals surface area contributed by atoms with Crippen molar-refractivity contribution in [3.05, 3.63) is 0 Å². The highest BCUT2D eigenvalue weighted by molar-refractivity contribution is 4.68. The van der Waals surface area contributed by atoms with Crippen molar-refractivity contribution >= 4 is 0 Å². The molecule has 0 radical (unpaired) electrons. The van der Waals surface area contributed by atoms with Crippen molar-refractivity contribution in [2.75, 3.05) is 34.0 Å². The Morgan fingerprint density at radius 2 is 1.73 bits per heavy atom. The molecule has 0 fully saturated rings. The molecule has 4 nitrogen and oxygen atoms in total. The monoisotopic (exact) mass is 220 g/mol. The summed E-state index contributed by atoms with van der Waals surface area (Å²) in [5.74, 6) is 0. The predicted molar refractivity (Wildman–Crippen MR) is 58.9 cm³/mol. The van der Waals surface area contributed by atoms with E-state index in [9.17, 15) is 0 Å². The van der Waals surface area contributed by atoms with E-state index in [-0.39, 0.29) is 11.9 Å². The second-order valence-corrected chi connectivity index (χ2v) is 4.04. The molecule has 0 amide bonds. The minimum absolute atomic E-state index is 0.182. The van der Waals surface area contributed by atoms with Crippen molar-refractivity contribution in [3.8, 4) is 0 Å². The minimum Gasteiger partial charge on any atom is -0.382 e. The van der Waals surface area contributed by atoms with Crippen LogP contribution in [0, 0.1) is 0 Å². The molecule has 0 spiro atoms. The van der Waals surface area contributed by atoms with Gasteiger partial charge in [0.25, 0.3) is 0 Å². The highest BCUT2D eigenvalue weighted by atomic mass is 16.7. The van der Waals surface area contributed by atoms with Crippen LogP contribution in [-0.2, 0) is 18.9 Å². The molecule has 0 rings (SSSR count). The normalized spacial score (nSPS) is 14.2. The van der Waals surface area contributed by atoms with E-state index in [2.05, 4.69) is 0 Å². The summed E-state index contributed by atoms with van der Waals surface area (Å²) in [7, 11) is 3.30. The van der Waals surface area contributed by atoms with Crippen LogP contribution in [0.15, 0.2) is 0 Å². The fourth-order valence-electron chi connectivity index (χ4n) is 1.12. The Morgan fingerprint density at radius 1 is 1.07 bits per heavy atom. The van der Waals surface area contributed by atoms with Gasteiger partial charge in [-0.3, -0.25) is 0 Å². The Hall–Kier alpha value is -0.160. The van der Waals surface area contributed by atoms with Crippen LogP contribution < -0.4 is 0 Å². The van der Waals surface area contributed by atoms with Gasteiger partial charge in [-0.1, -0.05) is 0 Å². The third kappa shape index (κ3) is 8.81. The molecule has 0 aliphatic carbocycles. The standard InChI is InChI=1S/C11H24O4/c1-10(13-5)15-11(2,3)6-7-14-9-8-12-4/h10H,6-9H2,1-5H3. The van der Waals surface area contributed by atoms with Crippen molar-refractivity contribution in [1.82, 2.24) is 0 Å². The number of ether oxygens (including phenoxy) is 4. The second kappa shape index (κ2) is 8.05. The fraction of sp³-hybridized carbons (Fsp3) is 1.00. The second-order valence-electron chi connectivity index (χ2n) is 4.04. The first kappa shape index (κ1) is 14.8. The molecular formula is C11H24O4. The first-order valence-electron chi connectivity index (χ1n) is 5.29. The van der Waals surface area contributed by atoms with Crippen molar-refractivity contribution in [3.63, 3.8) is 0 Å². The minimum atomic E-state index is -0.220. The van der Waals surface area contributed by atoms with Gasteiger partial charge in [0.05, 0.1) is 18.8 Å². The maximum Gasteiger partial charge on any atom is 0.155 e. The summed E-state index contributed by atoms with van der Waals surface area (Å²) in [6.07, 6.45) is 0.656. The maximum absolute atomic E-state index is 5.66. The highest BCUT2D eigenvalue weighted by Gasteiger charge is 2.21. The van der Waals surface area contributed by atoms with E-state index in [1.165, 1.54) is 0 Å². The van der Waals surface area contributed by atoms with Gasteiger partial charge in [0.1, 0.15) is 0 Å². The molecule has 92 valence electrons. The number of hydrogen-bond donors (Lipinski definition) is 0. The van der Waals surface area contributed by atoms with Crippen LogP contribution in [0.2, 0.25) is 0 Å². The van der Waals surface area contributed by atoms with Gasteiger partial charge < -0.3 is 18.9 Å². The molecular weight excluding hydrogens is 196 g/mol. The van der Waals surface area contributed by atoms with E-state index >= 15 is 0 Å². The van der Waals surface area contributed by atoms with Crippen LogP contribution in [0.25, 0.3) is 0 Å². The molecule has 0 heterocycles. The zero-order chi connectivity index (χ0) is 11.7. The van der Waals surface area contributed by atoms with Gasteiger partial charge in [0, 0.05) is 20.8 Å². The van der Waals surface area contributed by atoms with Crippen molar-refractivity contribution < 1.29 is 18.9 Å². The Bertz CT molecular complexity index is 148. The van der Waals surface area contributed by atoms with Crippen molar-refractivity contribution in [1.29, 1.82) is 0 Å². The molecule has 0 saturated carbocycles. The third-order valence-electron chi connectivity index (χ3n) is 2.10. The van der Waals surface area contributed by atoms with Crippen LogP contribution in [-0.4, -0.2) is 45.9 Å². The van der Waals surface area contributed by atoms with Crippen LogP contribution in [0.3, 0.4) is 0 Å². The maximum atomic E-state index is 5.66. The van der Waals surface area contributed by atoms with E-state index in [0.717, 1.165) is 6.42 Å². The molecule has 0 aromatic heterocycles. The summed E-state index contributed by atoms with van der Waals surface area (Å²) in [6, 6.07) is 0. The van der Waals surface area contributed by atoms with Gasteiger partial charge >= 0.3 is 0 Å². The summed E-state index contributed by atoms with van der Waals surface area (Å²) >= 11 is 0. The third-order valence-corrected chi connectivity index (χ3v) is 2.10. The highest BCUT2D eigenvalue weighted by Crippen LogP contribution is 2.17. The molecule has 0 bridgehead atoms. The van der Waals surface area contributed by atoms with Gasteiger partial charge in [-0.05, 0) is 27.2 Å². The van der Waals surface area contributed by atoms with Gasteiger partial charge in [-0.2, -0.15) is 0 Å². The molecule has 0 aliphatic heterocycles. The van der Waals surface area contributed by atoms with Gasteiger partial charge in [0.15, 0.2) is 6.29 Å². The lowest BCUT2D eigenvalue weighted by Crippen LogP contribution is -2.31. The van der Waals surface area contributed by atoms with Crippen molar-refractivity contribution in [2.45, 2.75) is 39.1 Å². The molecule has 0 aromatic rings. The molecule has 0 N–H and O–H groups in total. The molecule has 1 atom stereocenters. The molecule has 0 aromatic carbocycles. The number of methoxy groups -OCH3 is 2. The van der Waals surface area contributed by atoms with E-state index in [4.69, 9.17) is 18.9 Å². The average molecular weight is 220 g/mol. The number of hydrogen-bond acceptors (Lipinski definition) is 4. The smallest absolute Gasteiger partial charge is 0.155 e. The lowest BCUT2D eigenvalue weighted by atomic mass is 10.1. The summed E-state index contributed by atoms with van der Waals surface area (Å²) in [4.78, 5) is 0. The summed E-state index contributed by atoms with van der Waals surface area (Å²) in [5, 5.41) is 0. The van der Waals surface area contributed by atoms with E-state index < -0.39 is 0 Å². The number of rotatable bonds is 9. The summed E-state index contributed by atoms with van der Waals surface area (Å²) in [6.45, 7) is 7.88. The van der Waals surface area contributed by atoms with Crippen LogP contribution in [0.4, 0.5) is 0 Å². The van der Waals surface area contributed by atoms with E-state index in [1.54, 1.807) is 14.2 Å². The van der Waals surface area contributed by atoms with Crippen LogP contribution in [0.5, 0.6) is 0 Å². The Labute approximate surface area is 92.8 Å². The Morgan fingerprint density at radius 3 is 2.27 bits per heavy atom. The SMILES string of the molecule is COCCOCCC(C)(C)OC(C)OC. The lowest BCUT2D eigenvalue weighted by Gasteiger charge is -2.28. The van der Waals surface area contributed by atoms with Crippen LogP contribution in [0.1, 0.15) is 27.2 Å². The van der Waals surface area contributed by atoms with Gasteiger partial charge in [-0.25, -0.2) is 0 Å². The largest absolute Gasteiger partial charge is 0.382 e. The molecule has 1 unspecified atom stereocenters. The van der Waals surface area contributed by atoms with E-state index in [1.807, 2.05) is 20.8 Å². The Balaban J connectivity index is 3.55. The summed E-state index contributed by atoms with van der Waals surface area (Å²) < 4.78 is 21.0. The van der Waals surface area contributed by atoms with E-state index in [0.29, 0.717) is 19.8 Å². The Kier molecular flexibility index (Phi) is 7.96. The molecule has 0 saturated heterocycles. The van der Waals surface area contributed by atoms with Crippen LogP contribution >= 0.6 is 0 Å². The van der Waals surface area contributed by atoms with Crippen molar-refractivity contribution in [2.24, 2.45) is 0 Å². The first-order chi connectivity index (χ1) is 7.02. The first-order valence-corrected chi connectivity index (χ1v) is 5.29. The quantitative estimate of drug-likeness (QED) is 0.439. The predicted octanol–water partition coefficient (Wildman–Crippen LogP) is 1.83. The molecule has 15 heavy (non-hydrogen) atoms. The summed E-state index contributed by atoms with van der Waals surface area (Å²) in [5.41, 5.74) is -0.220. The molecule has 0 aliphatic rings. The zero-order valence-electron chi connectivity index (χ0n) is 10.5. The topological polar surface area (TPSA) is 36.9 Å². The van der Waals surface area contributed by atoms with Gasteiger partial charge in [-0.15, -0.1) is 0 Å². The fourth-order valence-corrected chi connectivity index (χ4v) is 1.12. The van der Waals surface area contributed by atoms with Gasteiger partial charge in [0.2, 0.25) is 0 Å².